The molecule has 1 saturated heterocycles. The summed E-state index contributed by atoms with van der Waals surface area (Å²) in [5, 5.41) is 4.13. The van der Waals surface area contributed by atoms with Gasteiger partial charge in [0.05, 0.1) is 7.11 Å². The van der Waals surface area contributed by atoms with Crippen LogP contribution in [0.5, 0.6) is 11.5 Å². The molecule has 0 spiro atoms. The Labute approximate surface area is 173 Å². The Morgan fingerprint density at radius 3 is 2.82 bits per heavy atom. The van der Waals surface area contributed by atoms with Crippen molar-refractivity contribution in [1.29, 1.82) is 0 Å². The Kier molecular flexibility index (Phi) is 5.24. The smallest absolute Gasteiger partial charge is 0.276 e. The van der Waals surface area contributed by atoms with Crippen LogP contribution in [0, 0.1) is 0 Å². The molecule has 7 heteroatoms. The van der Waals surface area contributed by atoms with Crippen LogP contribution < -0.4 is 14.8 Å². The summed E-state index contributed by atoms with van der Waals surface area (Å²) in [6.07, 6.45) is 3.82. The Morgan fingerprint density at radius 2 is 2.11 bits per heavy atom. The Hall–Kier alpha value is -2.57. The fourth-order valence-corrected chi connectivity index (χ4v) is 3.62. The van der Waals surface area contributed by atoms with E-state index in [-0.39, 0.29) is 11.9 Å². The molecule has 2 aromatic rings. The van der Waals surface area contributed by atoms with Crippen LogP contribution in [0.1, 0.15) is 24.0 Å². The van der Waals surface area contributed by atoms with E-state index in [0.717, 1.165) is 24.0 Å². The number of nitrogens with zero attached hydrogens (tertiary/aromatic N) is 1. The van der Waals surface area contributed by atoms with Gasteiger partial charge in [0, 0.05) is 16.6 Å². The second kappa shape index (κ2) is 7.81. The lowest BCUT2D eigenvalue weighted by Crippen LogP contribution is -2.32. The summed E-state index contributed by atoms with van der Waals surface area (Å²) in [5.41, 5.74) is 2.22. The van der Waals surface area contributed by atoms with E-state index in [9.17, 15) is 4.79 Å². The Morgan fingerprint density at radius 1 is 1.29 bits per heavy atom. The third-order valence-electron chi connectivity index (χ3n) is 4.63. The van der Waals surface area contributed by atoms with Gasteiger partial charge in [-0.25, -0.2) is 0 Å². The molecule has 4 rings (SSSR count). The maximum Gasteiger partial charge on any atom is 0.276 e. The maximum atomic E-state index is 12.6. The zero-order valence-electron chi connectivity index (χ0n) is 15.3. The van der Waals surface area contributed by atoms with Crippen LogP contribution in [0.25, 0.3) is 6.08 Å². The molecule has 1 amide bonds. The number of methoxy groups -OCH3 is 1. The Balaban J connectivity index is 1.54. The number of hydrogen-bond donors (Lipinski definition) is 1. The molecule has 0 aromatic heterocycles. The number of thiocarbonyl (C=S) groups is 1. The molecule has 144 valence electrons. The molecule has 1 heterocycles. The third-order valence-corrected chi connectivity index (χ3v) is 5.16. The number of carbonyl (C=O) groups is 1. The fraction of sp³-hybridized carbons (Fsp3) is 0.238. The van der Waals surface area contributed by atoms with E-state index in [2.05, 4.69) is 5.32 Å². The van der Waals surface area contributed by atoms with Crippen molar-refractivity contribution in [3.8, 4) is 11.5 Å². The molecule has 0 bridgehead atoms. The minimum absolute atomic E-state index is 0.0694. The number of ether oxygens (including phenoxy) is 2. The van der Waals surface area contributed by atoms with Crippen LogP contribution in [-0.4, -0.2) is 29.1 Å². The van der Waals surface area contributed by atoms with Crippen LogP contribution in [0.2, 0.25) is 5.02 Å². The average molecular weight is 415 g/mol. The van der Waals surface area contributed by atoms with Gasteiger partial charge in [-0.2, -0.15) is 0 Å². The molecule has 1 saturated carbocycles. The first-order valence-corrected chi connectivity index (χ1v) is 9.75. The zero-order chi connectivity index (χ0) is 19.7. The summed E-state index contributed by atoms with van der Waals surface area (Å²) in [6.45, 7) is 0.314. The second-order valence-corrected chi connectivity index (χ2v) is 7.53. The predicted molar refractivity (Wildman–Crippen MR) is 112 cm³/mol. The quantitative estimate of drug-likeness (QED) is 0.568. The molecule has 0 atom stereocenters. The van der Waals surface area contributed by atoms with Crippen molar-refractivity contribution >= 4 is 40.9 Å². The highest BCUT2D eigenvalue weighted by atomic mass is 35.5. The van der Waals surface area contributed by atoms with Gasteiger partial charge in [0.2, 0.25) is 0 Å². The van der Waals surface area contributed by atoms with Crippen molar-refractivity contribution < 1.29 is 14.3 Å². The first kappa shape index (κ1) is 18.8. The van der Waals surface area contributed by atoms with Crippen LogP contribution in [-0.2, 0) is 11.4 Å². The summed E-state index contributed by atoms with van der Waals surface area (Å²) in [6, 6.07) is 13.2. The highest BCUT2D eigenvalue weighted by molar-refractivity contribution is 7.80. The molecule has 0 unspecified atom stereocenters. The molecule has 0 radical (unpaired) electrons. The van der Waals surface area contributed by atoms with Crippen LogP contribution >= 0.6 is 23.8 Å². The van der Waals surface area contributed by atoms with E-state index in [1.165, 1.54) is 0 Å². The summed E-state index contributed by atoms with van der Waals surface area (Å²) >= 11 is 11.3. The van der Waals surface area contributed by atoms with Crippen molar-refractivity contribution in [2.45, 2.75) is 25.5 Å². The molecule has 1 aliphatic heterocycles. The lowest BCUT2D eigenvalue weighted by atomic mass is 10.1. The number of benzene rings is 2. The monoisotopic (exact) mass is 414 g/mol. The van der Waals surface area contributed by atoms with Crippen molar-refractivity contribution in [2.75, 3.05) is 7.11 Å². The topological polar surface area (TPSA) is 50.8 Å². The lowest BCUT2D eigenvalue weighted by Gasteiger charge is -2.12. The van der Waals surface area contributed by atoms with Gasteiger partial charge >= 0.3 is 0 Å². The molecular weight excluding hydrogens is 396 g/mol. The van der Waals surface area contributed by atoms with Crippen molar-refractivity contribution in [1.82, 2.24) is 10.2 Å². The summed E-state index contributed by atoms with van der Waals surface area (Å²) in [7, 11) is 1.62. The van der Waals surface area contributed by atoms with Gasteiger partial charge < -0.3 is 14.8 Å². The van der Waals surface area contributed by atoms with E-state index >= 15 is 0 Å². The molecule has 2 fully saturated rings. The Bertz CT molecular complexity index is 972. The number of carbonyl (C=O) groups excluding carboxylic acids is 1. The predicted octanol–water partition coefficient (Wildman–Crippen LogP) is 4.15. The zero-order valence-corrected chi connectivity index (χ0v) is 16.8. The summed E-state index contributed by atoms with van der Waals surface area (Å²) < 4.78 is 11.3. The van der Waals surface area contributed by atoms with Crippen molar-refractivity contribution in [2.24, 2.45) is 0 Å². The van der Waals surface area contributed by atoms with E-state index < -0.39 is 0 Å². The third kappa shape index (κ3) is 3.98. The highest BCUT2D eigenvalue weighted by Gasteiger charge is 2.41. The van der Waals surface area contributed by atoms with Gasteiger partial charge in [0.25, 0.3) is 5.91 Å². The molecule has 28 heavy (non-hydrogen) atoms. The van der Waals surface area contributed by atoms with Crippen molar-refractivity contribution in [3.05, 3.63) is 64.3 Å². The normalized spacial score (nSPS) is 17.8. The largest absolute Gasteiger partial charge is 0.496 e. The number of amides is 1. The van der Waals surface area contributed by atoms with Crippen LogP contribution in [0.15, 0.2) is 48.2 Å². The van der Waals surface area contributed by atoms with Gasteiger partial charge in [0.1, 0.15) is 23.8 Å². The number of nitrogens with one attached hydrogen (secondary N) is 1. The lowest BCUT2D eigenvalue weighted by molar-refractivity contribution is -0.122. The van der Waals surface area contributed by atoms with Crippen molar-refractivity contribution in [3.63, 3.8) is 0 Å². The first-order chi connectivity index (χ1) is 13.5. The molecule has 5 nitrogen and oxygen atoms in total. The standard InChI is InChI=1S/C21H19ClN2O3S/c1-26-19-8-5-13(9-14(19)12-27-17-4-2-3-15(22)11-17)10-18-20(25)24(16-6-7-16)21(28)23-18/h2-5,8-11,16H,6-7,12H2,1H3,(H,23,28)/b18-10+. The van der Waals surface area contributed by atoms with Gasteiger partial charge in [-0.1, -0.05) is 23.7 Å². The molecule has 1 N–H and O–H groups in total. The van der Waals surface area contributed by atoms with E-state index in [0.29, 0.717) is 33.9 Å². The second-order valence-electron chi connectivity index (χ2n) is 6.71. The van der Waals surface area contributed by atoms with Gasteiger partial charge in [-0.3, -0.25) is 9.69 Å². The van der Waals surface area contributed by atoms with Gasteiger partial charge in [0.15, 0.2) is 5.11 Å². The van der Waals surface area contributed by atoms with Crippen LogP contribution in [0.4, 0.5) is 0 Å². The van der Waals surface area contributed by atoms with E-state index in [1.54, 1.807) is 30.2 Å². The number of halogens is 1. The maximum absolute atomic E-state index is 12.6. The first-order valence-electron chi connectivity index (χ1n) is 8.96. The summed E-state index contributed by atoms with van der Waals surface area (Å²) in [5.74, 6) is 1.32. The molecule has 2 aliphatic rings. The number of hydrogen-bond acceptors (Lipinski definition) is 4. The van der Waals surface area contributed by atoms with Gasteiger partial charge in [-0.05, 0) is 67.0 Å². The van der Waals surface area contributed by atoms with Gasteiger partial charge in [-0.15, -0.1) is 0 Å². The molecule has 1 aliphatic carbocycles. The fourth-order valence-electron chi connectivity index (χ4n) is 3.10. The SMILES string of the molecule is COc1ccc(/C=C2/NC(=S)N(C3CC3)C2=O)cc1COc1cccc(Cl)c1. The minimum Gasteiger partial charge on any atom is -0.496 e. The summed E-state index contributed by atoms with van der Waals surface area (Å²) in [4.78, 5) is 14.3. The molecule has 2 aromatic carbocycles. The molecular formula is C21H19ClN2O3S. The highest BCUT2D eigenvalue weighted by Crippen LogP contribution is 2.31. The van der Waals surface area contributed by atoms with E-state index in [4.69, 9.17) is 33.3 Å². The average Bonchev–Trinajstić information content (AvgIpc) is 3.47. The van der Waals surface area contributed by atoms with E-state index in [1.807, 2.05) is 30.3 Å². The van der Waals surface area contributed by atoms with Crippen LogP contribution in [0.3, 0.4) is 0 Å². The number of rotatable bonds is 6. The minimum atomic E-state index is -0.0694.